The van der Waals surface area contributed by atoms with Crippen LogP contribution in [-0.4, -0.2) is 35.8 Å². The van der Waals surface area contributed by atoms with Crippen molar-refractivity contribution in [3.63, 3.8) is 0 Å². The van der Waals surface area contributed by atoms with Crippen LogP contribution in [0, 0.1) is 0 Å². The minimum Gasteiger partial charge on any atom is -0.497 e. The van der Waals surface area contributed by atoms with Crippen molar-refractivity contribution in [1.82, 2.24) is 15.1 Å². The molecule has 2 aromatic carbocycles. The standard InChI is InChI=1S/C23H21F3N4O4/c1-32-15-5-2-13(3-6-15)11-27-22(31)17-10-21-28-16(9-20(23(24,25)26)30(21)29-17)14-4-7-18-19(8-14)34-12-33-18/h2-8,10,16,20,28H,9,11-12H2,1H3,(H,27,31). The molecule has 2 aliphatic rings. The highest BCUT2D eigenvalue weighted by molar-refractivity contribution is 5.93. The number of methoxy groups -OCH3 is 1. The molecule has 0 radical (unpaired) electrons. The van der Waals surface area contributed by atoms with E-state index < -0.39 is 24.2 Å². The third-order valence-corrected chi connectivity index (χ3v) is 5.83. The summed E-state index contributed by atoms with van der Waals surface area (Å²) in [6, 6.07) is 10.9. The Hall–Kier alpha value is -3.89. The van der Waals surface area contributed by atoms with Crippen LogP contribution in [0.25, 0.3) is 0 Å². The Bertz CT molecular complexity index is 1210. The van der Waals surface area contributed by atoms with Crippen molar-refractivity contribution in [2.75, 3.05) is 19.2 Å². The lowest BCUT2D eigenvalue weighted by molar-refractivity contribution is -0.173. The molecule has 178 valence electrons. The molecule has 0 spiro atoms. The number of anilines is 1. The van der Waals surface area contributed by atoms with Crippen molar-refractivity contribution in [1.29, 1.82) is 0 Å². The van der Waals surface area contributed by atoms with Crippen LogP contribution in [0.5, 0.6) is 17.2 Å². The van der Waals surface area contributed by atoms with E-state index in [-0.39, 0.29) is 31.3 Å². The van der Waals surface area contributed by atoms with E-state index in [9.17, 15) is 18.0 Å². The van der Waals surface area contributed by atoms with Gasteiger partial charge in [-0.2, -0.15) is 18.3 Å². The summed E-state index contributed by atoms with van der Waals surface area (Å²) < 4.78 is 58.4. The fraction of sp³-hybridized carbons (Fsp3) is 0.304. The van der Waals surface area contributed by atoms with Crippen LogP contribution in [0.1, 0.15) is 40.1 Å². The first-order valence-electron chi connectivity index (χ1n) is 10.6. The van der Waals surface area contributed by atoms with Crippen LogP contribution in [0.2, 0.25) is 0 Å². The number of hydrogen-bond acceptors (Lipinski definition) is 6. The largest absolute Gasteiger partial charge is 0.497 e. The quantitative estimate of drug-likeness (QED) is 0.576. The maximum absolute atomic E-state index is 13.9. The number of alkyl halides is 3. The van der Waals surface area contributed by atoms with Crippen LogP contribution < -0.4 is 24.8 Å². The van der Waals surface area contributed by atoms with Crippen molar-refractivity contribution in [3.8, 4) is 17.2 Å². The number of benzene rings is 2. The molecule has 2 aliphatic heterocycles. The van der Waals surface area contributed by atoms with Crippen LogP contribution >= 0.6 is 0 Å². The molecule has 2 N–H and O–H groups in total. The van der Waals surface area contributed by atoms with Crippen molar-refractivity contribution < 1.29 is 32.2 Å². The Kier molecular flexibility index (Phi) is 5.46. The lowest BCUT2D eigenvalue weighted by Gasteiger charge is -2.33. The summed E-state index contributed by atoms with van der Waals surface area (Å²) in [5, 5.41) is 9.75. The number of aromatic nitrogens is 2. The minimum atomic E-state index is -4.55. The molecule has 1 aromatic heterocycles. The molecule has 3 aromatic rings. The highest BCUT2D eigenvalue weighted by atomic mass is 19.4. The predicted molar refractivity (Wildman–Crippen MR) is 115 cm³/mol. The molecular formula is C23H21F3N4O4. The number of amides is 1. The van der Waals surface area contributed by atoms with Gasteiger partial charge in [0.05, 0.1) is 13.2 Å². The van der Waals surface area contributed by atoms with E-state index in [1.54, 1.807) is 49.6 Å². The third kappa shape index (κ3) is 4.20. The van der Waals surface area contributed by atoms with Crippen molar-refractivity contribution in [2.45, 2.75) is 31.2 Å². The summed E-state index contributed by atoms with van der Waals surface area (Å²) in [6.45, 7) is 0.269. The molecule has 3 heterocycles. The van der Waals surface area contributed by atoms with Gasteiger partial charge in [0.2, 0.25) is 6.79 Å². The van der Waals surface area contributed by atoms with E-state index in [0.29, 0.717) is 22.8 Å². The lowest BCUT2D eigenvalue weighted by atomic mass is 9.96. The number of halogens is 3. The molecule has 5 rings (SSSR count). The molecule has 2 atom stereocenters. The van der Waals surface area contributed by atoms with Gasteiger partial charge >= 0.3 is 6.18 Å². The third-order valence-electron chi connectivity index (χ3n) is 5.83. The fourth-order valence-electron chi connectivity index (χ4n) is 4.05. The Morgan fingerprint density at radius 3 is 2.68 bits per heavy atom. The van der Waals surface area contributed by atoms with Crippen LogP contribution in [0.4, 0.5) is 19.0 Å². The first-order valence-corrected chi connectivity index (χ1v) is 10.6. The molecule has 34 heavy (non-hydrogen) atoms. The van der Waals surface area contributed by atoms with E-state index in [1.807, 2.05) is 0 Å². The van der Waals surface area contributed by atoms with E-state index in [4.69, 9.17) is 14.2 Å². The number of carbonyl (C=O) groups excluding carboxylic acids is 1. The summed E-state index contributed by atoms with van der Waals surface area (Å²) in [5.74, 6) is 1.26. The van der Waals surface area contributed by atoms with E-state index >= 15 is 0 Å². The summed E-state index contributed by atoms with van der Waals surface area (Å²) in [5.41, 5.74) is 1.33. The number of nitrogens with one attached hydrogen (secondary N) is 2. The number of carbonyl (C=O) groups is 1. The summed E-state index contributed by atoms with van der Waals surface area (Å²) in [4.78, 5) is 12.6. The zero-order chi connectivity index (χ0) is 23.9. The number of rotatable bonds is 5. The van der Waals surface area contributed by atoms with Gasteiger partial charge in [0.1, 0.15) is 11.6 Å². The second kappa shape index (κ2) is 8.47. The maximum atomic E-state index is 13.9. The van der Waals surface area contributed by atoms with Gasteiger partial charge in [-0.1, -0.05) is 18.2 Å². The SMILES string of the molecule is COc1ccc(CNC(=O)c2cc3n(n2)C(C(F)(F)F)CC(c2ccc4c(c2)OCO4)N3)cc1. The summed E-state index contributed by atoms with van der Waals surface area (Å²) in [7, 11) is 1.55. The molecule has 0 bridgehead atoms. The number of ether oxygens (including phenoxy) is 3. The van der Waals surface area contributed by atoms with Crippen molar-refractivity contribution in [3.05, 3.63) is 65.4 Å². The normalized spacial score (nSPS) is 18.7. The molecule has 0 aliphatic carbocycles. The zero-order valence-electron chi connectivity index (χ0n) is 18.1. The molecular weight excluding hydrogens is 453 g/mol. The summed E-state index contributed by atoms with van der Waals surface area (Å²) in [6.07, 6.45) is -4.83. The van der Waals surface area contributed by atoms with Gasteiger partial charge in [-0.05, 0) is 35.4 Å². The average molecular weight is 474 g/mol. The van der Waals surface area contributed by atoms with Gasteiger partial charge in [0.15, 0.2) is 23.2 Å². The predicted octanol–water partition coefficient (Wildman–Crippen LogP) is 4.21. The highest BCUT2D eigenvalue weighted by Crippen LogP contribution is 2.45. The van der Waals surface area contributed by atoms with Crippen LogP contribution in [-0.2, 0) is 6.54 Å². The Balaban J connectivity index is 1.36. The van der Waals surface area contributed by atoms with E-state index in [2.05, 4.69) is 15.7 Å². The van der Waals surface area contributed by atoms with Gasteiger partial charge in [0, 0.05) is 19.0 Å². The Morgan fingerprint density at radius 2 is 1.94 bits per heavy atom. The van der Waals surface area contributed by atoms with E-state index in [0.717, 1.165) is 10.2 Å². The molecule has 0 saturated carbocycles. The fourth-order valence-corrected chi connectivity index (χ4v) is 4.05. The van der Waals surface area contributed by atoms with Crippen LogP contribution in [0.3, 0.4) is 0 Å². The molecule has 2 unspecified atom stereocenters. The molecule has 0 fully saturated rings. The molecule has 8 nitrogen and oxygen atoms in total. The zero-order valence-corrected chi connectivity index (χ0v) is 18.1. The highest BCUT2D eigenvalue weighted by Gasteiger charge is 2.47. The Morgan fingerprint density at radius 1 is 1.18 bits per heavy atom. The monoisotopic (exact) mass is 474 g/mol. The van der Waals surface area contributed by atoms with Gasteiger partial charge in [0.25, 0.3) is 5.91 Å². The first kappa shape index (κ1) is 21.9. The maximum Gasteiger partial charge on any atom is 0.410 e. The second-order valence-electron chi connectivity index (χ2n) is 7.99. The minimum absolute atomic E-state index is 0.0732. The van der Waals surface area contributed by atoms with Crippen molar-refractivity contribution >= 4 is 11.7 Å². The number of nitrogens with zero attached hydrogens (tertiary/aromatic N) is 2. The summed E-state index contributed by atoms with van der Waals surface area (Å²) >= 11 is 0. The number of fused-ring (bicyclic) bond motifs is 2. The molecule has 0 saturated heterocycles. The van der Waals surface area contributed by atoms with Crippen LogP contribution in [0.15, 0.2) is 48.5 Å². The average Bonchev–Trinajstić information content (AvgIpc) is 3.48. The van der Waals surface area contributed by atoms with Gasteiger partial charge < -0.3 is 24.8 Å². The number of hydrogen-bond donors (Lipinski definition) is 2. The smallest absolute Gasteiger partial charge is 0.410 e. The van der Waals surface area contributed by atoms with E-state index in [1.165, 1.54) is 6.07 Å². The topological polar surface area (TPSA) is 86.6 Å². The first-order chi connectivity index (χ1) is 16.3. The second-order valence-corrected chi connectivity index (χ2v) is 7.99. The van der Waals surface area contributed by atoms with Gasteiger partial charge in [-0.3, -0.25) is 4.79 Å². The Labute approximate surface area is 192 Å². The van der Waals surface area contributed by atoms with Gasteiger partial charge in [-0.25, -0.2) is 4.68 Å². The van der Waals surface area contributed by atoms with Gasteiger partial charge in [-0.15, -0.1) is 0 Å². The molecule has 1 amide bonds. The van der Waals surface area contributed by atoms with Crippen molar-refractivity contribution in [2.24, 2.45) is 0 Å². The lowest BCUT2D eigenvalue weighted by Crippen LogP contribution is -2.35. The molecule has 11 heteroatoms.